The van der Waals surface area contributed by atoms with Crippen molar-refractivity contribution >= 4 is 6.41 Å². The van der Waals surface area contributed by atoms with Crippen molar-refractivity contribution in [2.24, 2.45) is 0 Å². The average molecular weight is 99.1 g/mol. The third kappa shape index (κ3) is 0.918. The summed E-state index contributed by atoms with van der Waals surface area (Å²) in [4.78, 5) is 9.75. The van der Waals surface area contributed by atoms with Gasteiger partial charge in [-0.2, -0.15) is 0 Å². The van der Waals surface area contributed by atoms with Gasteiger partial charge >= 0.3 is 0 Å². The first-order valence-electron chi connectivity index (χ1n) is 2.48. The largest absolute Gasteiger partial charge is 0.354 e. The Hall–Kier alpha value is -0.530. The Kier molecular flexibility index (Phi) is 0.805. The first-order chi connectivity index (χ1) is 3.27. The first kappa shape index (κ1) is 4.62. The molecule has 0 spiro atoms. The highest BCUT2D eigenvalue weighted by Gasteiger charge is 2.36. The topological polar surface area (TPSA) is 29.1 Å². The van der Waals surface area contributed by atoms with Crippen LogP contribution in [0.25, 0.3) is 0 Å². The predicted octanol–water partition coefficient (Wildman–Crippen LogP) is 0.285. The molecule has 0 aromatic rings. The van der Waals surface area contributed by atoms with Gasteiger partial charge in [0, 0.05) is 5.54 Å². The van der Waals surface area contributed by atoms with Gasteiger partial charge in [0.05, 0.1) is 0 Å². The summed E-state index contributed by atoms with van der Waals surface area (Å²) in [7, 11) is 0. The van der Waals surface area contributed by atoms with Gasteiger partial charge in [-0.1, -0.05) is 0 Å². The predicted molar refractivity (Wildman–Crippen MR) is 26.8 cm³/mol. The zero-order valence-electron chi connectivity index (χ0n) is 4.40. The molecule has 0 aromatic heterocycles. The summed E-state index contributed by atoms with van der Waals surface area (Å²) in [6.45, 7) is 2.04. The fraction of sp³-hybridized carbons (Fsp3) is 0.800. The molecule has 2 heteroatoms. The van der Waals surface area contributed by atoms with Crippen LogP contribution in [0.4, 0.5) is 0 Å². The molecule has 1 aliphatic rings. The summed E-state index contributed by atoms with van der Waals surface area (Å²) in [5.41, 5.74) is 0.182. The van der Waals surface area contributed by atoms with Crippen molar-refractivity contribution in [3.05, 3.63) is 0 Å². The van der Waals surface area contributed by atoms with Gasteiger partial charge in [0.25, 0.3) is 0 Å². The van der Waals surface area contributed by atoms with E-state index in [4.69, 9.17) is 0 Å². The molecular formula is C5H9NO. The SMILES string of the molecule is CC1(NC=O)CC1. The van der Waals surface area contributed by atoms with E-state index < -0.39 is 0 Å². The summed E-state index contributed by atoms with van der Waals surface area (Å²) >= 11 is 0. The molecule has 1 rings (SSSR count). The Morgan fingerprint density at radius 3 is 2.43 bits per heavy atom. The highest BCUT2D eigenvalue weighted by molar-refractivity contribution is 5.48. The number of hydrogen-bond donors (Lipinski definition) is 1. The van der Waals surface area contributed by atoms with Crippen molar-refractivity contribution in [2.75, 3.05) is 0 Å². The fourth-order valence-corrected chi connectivity index (χ4v) is 0.474. The van der Waals surface area contributed by atoms with Crippen molar-refractivity contribution < 1.29 is 4.79 Å². The van der Waals surface area contributed by atoms with Gasteiger partial charge < -0.3 is 5.32 Å². The van der Waals surface area contributed by atoms with Crippen molar-refractivity contribution in [3.63, 3.8) is 0 Å². The third-order valence-corrected chi connectivity index (χ3v) is 1.41. The molecule has 0 saturated heterocycles. The fourth-order valence-electron chi connectivity index (χ4n) is 0.474. The van der Waals surface area contributed by atoms with E-state index in [1.807, 2.05) is 6.92 Å². The number of carbonyl (C=O) groups excluding carboxylic acids is 1. The van der Waals surface area contributed by atoms with E-state index in [0.717, 1.165) is 19.3 Å². The lowest BCUT2D eigenvalue weighted by Gasteiger charge is -2.01. The standard InChI is InChI=1S/C5H9NO/c1-5(2-3-5)6-4-7/h4H,2-3H2,1H3,(H,6,7). The molecule has 40 valence electrons. The number of amides is 1. The van der Waals surface area contributed by atoms with Crippen LogP contribution in [0.1, 0.15) is 19.8 Å². The van der Waals surface area contributed by atoms with E-state index in [2.05, 4.69) is 5.32 Å². The quantitative estimate of drug-likeness (QED) is 0.495. The Morgan fingerprint density at radius 1 is 1.71 bits per heavy atom. The maximum absolute atomic E-state index is 9.75. The van der Waals surface area contributed by atoms with Gasteiger partial charge in [0.1, 0.15) is 0 Å². The number of rotatable bonds is 2. The molecule has 0 aromatic carbocycles. The molecule has 0 heterocycles. The van der Waals surface area contributed by atoms with E-state index in [-0.39, 0.29) is 5.54 Å². The van der Waals surface area contributed by atoms with Gasteiger partial charge in [0.15, 0.2) is 0 Å². The Bertz CT molecular complexity index is 86.1. The normalized spacial score (nSPS) is 23.6. The summed E-state index contributed by atoms with van der Waals surface area (Å²) in [5.74, 6) is 0. The van der Waals surface area contributed by atoms with Crippen LogP contribution in [0.15, 0.2) is 0 Å². The number of nitrogens with one attached hydrogen (secondary N) is 1. The van der Waals surface area contributed by atoms with Crippen LogP contribution in [0, 0.1) is 0 Å². The minimum Gasteiger partial charge on any atom is -0.354 e. The van der Waals surface area contributed by atoms with Gasteiger partial charge in [0.2, 0.25) is 6.41 Å². The van der Waals surface area contributed by atoms with Crippen LogP contribution in [0.2, 0.25) is 0 Å². The van der Waals surface area contributed by atoms with Crippen molar-refractivity contribution in [1.29, 1.82) is 0 Å². The molecule has 2 nitrogen and oxygen atoms in total. The third-order valence-electron chi connectivity index (χ3n) is 1.41. The van der Waals surface area contributed by atoms with E-state index in [1.54, 1.807) is 0 Å². The van der Waals surface area contributed by atoms with E-state index in [0.29, 0.717) is 0 Å². The molecule has 1 fully saturated rings. The van der Waals surface area contributed by atoms with Crippen LogP contribution in [0.3, 0.4) is 0 Å². The molecule has 0 radical (unpaired) electrons. The smallest absolute Gasteiger partial charge is 0.207 e. The second kappa shape index (κ2) is 1.22. The van der Waals surface area contributed by atoms with Crippen LogP contribution >= 0.6 is 0 Å². The summed E-state index contributed by atoms with van der Waals surface area (Å²) in [6, 6.07) is 0. The maximum Gasteiger partial charge on any atom is 0.207 e. The number of hydrogen-bond acceptors (Lipinski definition) is 1. The second-order valence-electron chi connectivity index (χ2n) is 2.32. The van der Waals surface area contributed by atoms with E-state index >= 15 is 0 Å². The molecule has 0 atom stereocenters. The lowest BCUT2D eigenvalue weighted by Crippen LogP contribution is -2.25. The maximum atomic E-state index is 9.75. The summed E-state index contributed by atoms with van der Waals surface area (Å²) in [6.07, 6.45) is 3.06. The molecule has 1 aliphatic carbocycles. The highest BCUT2D eigenvalue weighted by Crippen LogP contribution is 2.33. The van der Waals surface area contributed by atoms with Crippen molar-refractivity contribution in [1.82, 2.24) is 5.32 Å². The number of carbonyl (C=O) groups is 1. The van der Waals surface area contributed by atoms with Crippen molar-refractivity contribution in [2.45, 2.75) is 25.3 Å². The zero-order chi connectivity index (χ0) is 5.33. The van der Waals surface area contributed by atoms with Crippen LogP contribution in [0.5, 0.6) is 0 Å². The van der Waals surface area contributed by atoms with Crippen LogP contribution in [-0.2, 0) is 4.79 Å². The first-order valence-corrected chi connectivity index (χ1v) is 2.48. The van der Waals surface area contributed by atoms with E-state index in [9.17, 15) is 4.79 Å². The van der Waals surface area contributed by atoms with Gasteiger partial charge in [-0.15, -0.1) is 0 Å². The molecule has 1 amide bonds. The monoisotopic (exact) mass is 99.1 g/mol. The van der Waals surface area contributed by atoms with Crippen LogP contribution < -0.4 is 5.32 Å². The molecule has 1 saturated carbocycles. The second-order valence-corrected chi connectivity index (χ2v) is 2.32. The minimum atomic E-state index is 0.182. The van der Waals surface area contributed by atoms with Gasteiger partial charge in [-0.05, 0) is 19.8 Å². The Labute approximate surface area is 42.9 Å². The average Bonchev–Trinajstić information content (AvgIpc) is 2.22. The zero-order valence-corrected chi connectivity index (χ0v) is 4.40. The van der Waals surface area contributed by atoms with Crippen LogP contribution in [-0.4, -0.2) is 11.9 Å². The lowest BCUT2D eigenvalue weighted by molar-refractivity contribution is -0.110. The molecule has 7 heavy (non-hydrogen) atoms. The summed E-state index contributed by atoms with van der Waals surface area (Å²) < 4.78 is 0. The lowest BCUT2D eigenvalue weighted by atomic mass is 10.3. The molecule has 0 bridgehead atoms. The molecule has 0 aliphatic heterocycles. The molecular weight excluding hydrogens is 90.1 g/mol. The van der Waals surface area contributed by atoms with Gasteiger partial charge in [-0.25, -0.2) is 0 Å². The Morgan fingerprint density at radius 2 is 2.29 bits per heavy atom. The highest BCUT2D eigenvalue weighted by atomic mass is 16.1. The summed E-state index contributed by atoms with van der Waals surface area (Å²) in [5, 5.41) is 2.72. The minimum absolute atomic E-state index is 0.182. The molecule has 0 unspecified atom stereocenters. The van der Waals surface area contributed by atoms with Gasteiger partial charge in [-0.3, -0.25) is 4.79 Å². The Balaban J connectivity index is 2.25. The van der Waals surface area contributed by atoms with Crippen molar-refractivity contribution in [3.8, 4) is 0 Å². The van der Waals surface area contributed by atoms with E-state index in [1.165, 1.54) is 0 Å². The molecule has 1 N–H and O–H groups in total.